The van der Waals surface area contributed by atoms with Crippen molar-refractivity contribution in [3.05, 3.63) is 106 Å². The van der Waals surface area contributed by atoms with Crippen molar-refractivity contribution in [2.45, 2.75) is 23.9 Å². The van der Waals surface area contributed by atoms with Gasteiger partial charge in [-0.25, -0.2) is 8.42 Å². The number of sulfonamides is 1. The third-order valence-corrected chi connectivity index (χ3v) is 10.2. The maximum atomic E-state index is 14.7. The molecule has 0 aliphatic heterocycles. The minimum absolute atomic E-state index is 0.0269. The second kappa shape index (κ2) is 16.6. The Morgan fingerprint density at radius 2 is 1.43 bits per heavy atom. The quantitative estimate of drug-likeness (QED) is 0.168. The largest absolute Gasteiger partial charge is 0.497 e. The van der Waals surface area contributed by atoms with Crippen LogP contribution in [-0.4, -0.2) is 73.2 Å². The molecule has 0 aliphatic carbocycles. The molecule has 0 heterocycles. The number of likely N-dealkylation sites (N-methyl/N-ethyl adjacent to an activating group) is 1. The summed E-state index contributed by atoms with van der Waals surface area (Å²) in [5.41, 5.74) is 1.38. The number of halogens is 2. The van der Waals surface area contributed by atoms with Crippen molar-refractivity contribution < 1.29 is 37.0 Å². The molecule has 260 valence electrons. The molecule has 11 nitrogen and oxygen atoms in total. The van der Waals surface area contributed by atoms with Crippen LogP contribution in [0.15, 0.2) is 89.8 Å². The first-order valence-electron chi connectivity index (χ1n) is 14.9. The molecule has 0 saturated carbocycles. The van der Waals surface area contributed by atoms with Crippen LogP contribution in [0.5, 0.6) is 23.0 Å². The third-order valence-electron chi connectivity index (χ3n) is 7.73. The van der Waals surface area contributed by atoms with Crippen LogP contribution in [0.3, 0.4) is 0 Å². The molecule has 1 unspecified atom stereocenters. The van der Waals surface area contributed by atoms with Gasteiger partial charge in [-0.1, -0.05) is 59.6 Å². The number of methoxy groups -OCH3 is 4. The van der Waals surface area contributed by atoms with Gasteiger partial charge in [0.1, 0.15) is 24.1 Å². The van der Waals surface area contributed by atoms with Gasteiger partial charge in [0.05, 0.1) is 49.1 Å². The van der Waals surface area contributed by atoms with E-state index in [1.165, 1.54) is 70.7 Å². The van der Waals surface area contributed by atoms with E-state index in [9.17, 15) is 18.0 Å². The number of hydrogen-bond donors (Lipinski definition) is 1. The first-order chi connectivity index (χ1) is 23.5. The van der Waals surface area contributed by atoms with Crippen molar-refractivity contribution in [1.29, 1.82) is 0 Å². The molecule has 0 aromatic heterocycles. The molecular weight excluding hydrogens is 693 g/mol. The van der Waals surface area contributed by atoms with E-state index < -0.39 is 34.4 Å². The fourth-order valence-electron chi connectivity index (χ4n) is 5.16. The van der Waals surface area contributed by atoms with E-state index >= 15 is 0 Å². The number of rotatable bonds is 15. The summed E-state index contributed by atoms with van der Waals surface area (Å²) in [6.07, 6.45) is 0.137. The van der Waals surface area contributed by atoms with Crippen molar-refractivity contribution in [2.24, 2.45) is 0 Å². The molecule has 1 atom stereocenters. The molecule has 14 heteroatoms. The molecule has 0 spiro atoms. The number of nitrogens with zero attached hydrogens (tertiary/aromatic N) is 2. The van der Waals surface area contributed by atoms with Gasteiger partial charge in [-0.3, -0.25) is 13.9 Å². The van der Waals surface area contributed by atoms with E-state index in [2.05, 4.69) is 5.32 Å². The summed E-state index contributed by atoms with van der Waals surface area (Å²) < 4.78 is 51.7. The average molecular weight is 731 g/mol. The fraction of sp³-hybridized carbons (Fsp3) is 0.257. The number of nitrogens with one attached hydrogen (secondary N) is 1. The maximum absolute atomic E-state index is 14.7. The second-order valence-corrected chi connectivity index (χ2v) is 13.3. The van der Waals surface area contributed by atoms with E-state index in [0.717, 1.165) is 9.87 Å². The Bertz CT molecular complexity index is 1890. The molecule has 4 aromatic rings. The van der Waals surface area contributed by atoms with E-state index in [4.69, 9.17) is 42.1 Å². The predicted molar refractivity (Wildman–Crippen MR) is 189 cm³/mol. The average Bonchev–Trinajstić information content (AvgIpc) is 3.12. The number of carbonyl (C=O) groups excluding carboxylic acids is 2. The van der Waals surface area contributed by atoms with Gasteiger partial charge in [0.25, 0.3) is 10.0 Å². The number of amides is 2. The van der Waals surface area contributed by atoms with E-state index in [0.29, 0.717) is 22.1 Å². The Morgan fingerprint density at radius 3 is 2.04 bits per heavy atom. The molecule has 0 aliphatic rings. The molecule has 2 amide bonds. The van der Waals surface area contributed by atoms with Crippen molar-refractivity contribution in [3.63, 3.8) is 0 Å². The minimum atomic E-state index is -4.52. The van der Waals surface area contributed by atoms with Gasteiger partial charge in [-0.05, 0) is 47.5 Å². The summed E-state index contributed by atoms with van der Waals surface area (Å²) in [5, 5.41) is 3.22. The maximum Gasteiger partial charge on any atom is 0.265 e. The van der Waals surface area contributed by atoms with E-state index in [1.807, 2.05) is 30.3 Å². The number of hydrogen-bond acceptors (Lipinski definition) is 8. The van der Waals surface area contributed by atoms with Crippen molar-refractivity contribution in [3.8, 4) is 23.0 Å². The van der Waals surface area contributed by atoms with Crippen LogP contribution in [0, 0.1) is 0 Å². The fourth-order valence-corrected chi connectivity index (χ4v) is 6.92. The summed E-state index contributed by atoms with van der Waals surface area (Å²) in [6, 6.07) is 21.7. The lowest BCUT2D eigenvalue weighted by atomic mass is 10.0. The van der Waals surface area contributed by atoms with Crippen molar-refractivity contribution in [1.82, 2.24) is 10.2 Å². The molecular formula is C35H37Cl2N3O8S. The number of ether oxygens (including phenoxy) is 4. The zero-order chi connectivity index (χ0) is 35.7. The molecule has 1 N–H and O–H groups in total. The lowest BCUT2D eigenvalue weighted by Gasteiger charge is -2.34. The van der Waals surface area contributed by atoms with Crippen LogP contribution in [-0.2, 0) is 32.6 Å². The Labute approximate surface area is 296 Å². The van der Waals surface area contributed by atoms with Crippen LogP contribution in [0.1, 0.15) is 11.1 Å². The molecule has 0 fully saturated rings. The molecule has 4 aromatic carbocycles. The monoisotopic (exact) mass is 729 g/mol. The first kappa shape index (κ1) is 37.2. The topological polar surface area (TPSA) is 124 Å². The SMILES string of the molecule is CNC(=O)C(Cc1ccccc1)N(Cc1ccc(Cl)c(Cl)c1)C(=O)CN(c1cc(OC)ccc1OC)S(=O)(=O)c1ccc(OC)c(OC)c1. The number of carbonyl (C=O) groups is 2. The summed E-state index contributed by atoms with van der Waals surface area (Å²) in [7, 11) is 2.58. The zero-order valence-corrected chi connectivity index (χ0v) is 29.9. The van der Waals surface area contributed by atoms with Crippen LogP contribution in [0.25, 0.3) is 0 Å². The predicted octanol–water partition coefficient (Wildman–Crippen LogP) is 5.61. The molecule has 0 saturated heterocycles. The highest BCUT2D eigenvalue weighted by molar-refractivity contribution is 7.92. The summed E-state index contributed by atoms with van der Waals surface area (Å²) in [5.74, 6) is -0.201. The van der Waals surface area contributed by atoms with Gasteiger partial charge in [0, 0.05) is 32.1 Å². The molecule has 0 radical (unpaired) electrons. The highest BCUT2D eigenvalue weighted by Gasteiger charge is 2.36. The summed E-state index contributed by atoms with van der Waals surface area (Å²) in [6.45, 7) is -0.829. The third kappa shape index (κ3) is 8.69. The Morgan fingerprint density at radius 1 is 0.755 bits per heavy atom. The lowest BCUT2D eigenvalue weighted by Crippen LogP contribution is -2.53. The highest BCUT2D eigenvalue weighted by atomic mass is 35.5. The van der Waals surface area contributed by atoms with Gasteiger partial charge in [-0.15, -0.1) is 0 Å². The van der Waals surface area contributed by atoms with Gasteiger partial charge >= 0.3 is 0 Å². The molecule has 4 rings (SSSR count). The van der Waals surface area contributed by atoms with Gasteiger partial charge in [-0.2, -0.15) is 0 Å². The van der Waals surface area contributed by atoms with Crippen LogP contribution >= 0.6 is 23.2 Å². The first-order valence-corrected chi connectivity index (χ1v) is 17.1. The Hall–Kier alpha value is -4.65. The number of anilines is 1. The Balaban J connectivity index is 1.89. The standard InChI is InChI=1S/C35H37Cl2N3O8S/c1-38-35(42)30(18-23-9-7-6-8-10-23)39(21-24-11-14-27(36)28(37)17-24)34(41)22-40(29-19-25(45-2)12-15-31(29)46-3)49(43,44)26-13-16-32(47-4)33(20-26)48-5/h6-17,19-20,30H,18,21-22H2,1-5H3,(H,38,42). The van der Waals surface area contributed by atoms with Crippen molar-refractivity contribution in [2.75, 3.05) is 46.3 Å². The minimum Gasteiger partial charge on any atom is -0.497 e. The van der Waals surface area contributed by atoms with Crippen LogP contribution < -0.4 is 28.6 Å². The highest BCUT2D eigenvalue weighted by Crippen LogP contribution is 2.38. The van der Waals surface area contributed by atoms with Crippen molar-refractivity contribution >= 4 is 50.7 Å². The lowest BCUT2D eigenvalue weighted by molar-refractivity contribution is -0.139. The van der Waals surface area contributed by atoms with Crippen LogP contribution in [0.2, 0.25) is 10.0 Å². The smallest absolute Gasteiger partial charge is 0.265 e. The molecule has 49 heavy (non-hydrogen) atoms. The molecule has 0 bridgehead atoms. The van der Waals surface area contributed by atoms with E-state index in [-0.39, 0.29) is 40.1 Å². The second-order valence-electron chi connectivity index (χ2n) is 10.7. The van der Waals surface area contributed by atoms with Crippen LogP contribution in [0.4, 0.5) is 5.69 Å². The van der Waals surface area contributed by atoms with Gasteiger partial charge in [0.2, 0.25) is 11.8 Å². The van der Waals surface area contributed by atoms with Gasteiger partial charge in [0.15, 0.2) is 11.5 Å². The number of benzene rings is 4. The normalized spacial score (nSPS) is 11.7. The van der Waals surface area contributed by atoms with Gasteiger partial charge < -0.3 is 29.2 Å². The zero-order valence-electron chi connectivity index (χ0n) is 27.6. The Kier molecular flexibility index (Phi) is 12.6. The summed E-state index contributed by atoms with van der Waals surface area (Å²) in [4.78, 5) is 29.3. The van der Waals surface area contributed by atoms with E-state index in [1.54, 1.807) is 24.3 Å². The summed E-state index contributed by atoms with van der Waals surface area (Å²) >= 11 is 12.5.